The molecule has 0 atom stereocenters. The summed E-state index contributed by atoms with van der Waals surface area (Å²) in [5.41, 5.74) is 0.00990. The number of carbonyl (C=O) groups excluding carboxylic acids is 1. The predicted molar refractivity (Wildman–Crippen MR) is 64.5 cm³/mol. The SMILES string of the molecule is CCOC(=O)c1cc(Oc2ccccc2F)cnn1. The van der Waals surface area contributed by atoms with Crippen LogP contribution in [0.3, 0.4) is 0 Å². The molecule has 1 heterocycles. The first-order valence-corrected chi connectivity index (χ1v) is 5.63. The molecule has 19 heavy (non-hydrogen) atoms. The van der Waals surface area contributed by atoms with Gasteiger partial charge in [-0.3, -0.25) is 0 Å². The predicted octanol–water partition coefficient (Wildman–Crippen LogP) is 2.58. The average molecular weight is 262 g/mol. The molecular formula is C13H11FN2O3. The molecule has 1 aromatic heterocycles. The normalized spacial score (nSPS) is 10.0. The Labute approximate surface area is 109 Å². The van der Waals surface area contributed by atoms with Crippen LogP contribution >= 0.6 is 0 Å². The fourth-order valence-electron chi connectivity index (χ4n) is 1.36. The first-order chi connectivity index (χ1) is 9.20. The lowest BCUT2D eigenvalue weighted by Gasteiger charge is -2.06. The maximum atomic E-state index is 13.4. The van der Waals surface area contributed by atoms with Crippen molar-refractivity contribution >= 4 is 5.97 Å². The van der Waals surface area contributed by atoms with Gasteiger partial charge in [0.1, 0.15) is 5.75 Å². The van der Waals surface area contributed by atoms with Gasteiger partial charge in [0.05, 0.1) is 12.8 Å². The summed E-state index contributed by atoms with van der Waals surface area (Å²) in [6, 6.07) is 7.28. The van der Waals surface area contributed by atoms with Gasteiger partial charge in [-0.05, 0) is 19.1 Å². The van der Waals surface area contributed by atoms with Gasteiger partial charge in [0, 0.05) is 6.07 Å². The van der Waals surface area contributed by atoms with Crippen molar-refractivity contribution in [1.29, 1.82) is 0 Å². The first kappa shape index (κ1) is 12.9. The molecular weight excluding hydrogens is 251 g/mol. The molecule has 2 aromatic rings. The lowest BCUT2D eigenvalue weighted by molar-refractivity contribution is 0.0517. The maximum absolute atomic E-state index is 13.4. The maximum Gasteiger partial charge on any atom is 0.358 e. The highest BCUT2D eigenvalue weighted by Crippen LogP contribution is 2.23. The van der Waals surface area contributed by atoms with E-state index in [2.05, 4.69) is 10.2 Å². The number of hydrogen-bond acceptors (Lipinski definition) is 5. The molecule has 0 fully saturated rings. The van der Waals surface area contributed by atoms with E-state index in [9.17, 15) is 9.18 Å². The zero-order valence-corrected chi connectivity index (χ0v) is 10.2. The second kappa shape index (κ2) is 5.90. The Hall–Kier alpha value is -2.50. The van der Waals surface area contributed by atoms with Crippen LogP contribution < -0.4 is 4.74 Å². The topological polar surface area (TPSA) is 61.3 Å². The highest BCUT2D eigenvalue weighted by molar-refractivity contribution is 5.87. The molecule has 1 aromatic carbocycles. The number of para-hydroxylation sites is 1. The molecule has 0 bridgehead atoms. The van der Waals surface area contributed by atoms with Gasteiger partial charge >= 0.3 is 5.97 Å². The van der Waals surface area contributed by atoms with E-state index in [-0.39, 0.29) is 23.8 Å². The molecule has 0 aliphatic carbocycles. The molecule has 0 saturated heterocycles. The molecule has 6 heteroatoms. The van der Waals surface area contributed by atoms with Crippen molar-refractivity contribution in [3.63, 3.8) is 0 Å². The van der Waals surface area contributed by atoms with E-state index in [1.54, 1.807) is 19.1 Å². The summed E-state index contributed by atoms with van der Waals surface area (Å²) in [4.78, 5) is 11.5. The van der Waals surface area contributed by atoms with Crippen LogP contribution in [0.2, 0.25) is 0 Å². The van der Waals surface area contributed by atoms with Crippen molar-refractivity contribution in [2.75, 3.05) is 6.61 Å². The minimum atomic E-state index is -0.603. The van der Waals surface area contributed by atoms with Crippen LogP contribution in [0.5, 0.6) is 11.5 Å². The fourth-order valence-corrected chi connectivity index (χ4v) is 1.36. The summed E-state index contributed by atoms with van der Waals surface area (Å²) < 4.78 is 23.5. The van der Waals surface area contributed by atoms with Gasteiger partial charge in [0.15, 0.2) is 17.3 Å². The number of hydrogen-bond donors (Lipinski definition) is 0. The molecule has 0 saturated carbocycles. The van der Waals surface area contributed by atoms with Crippen LogP contribution in [-0.4, -0.2) is 22.8 Å². The van der Waals surface area contributed by atoms with E-state index in [0.29, 0.717) is 0 Å². The smallest absolute Gasteiger partial charge is 0.358 e. The lowest BCUT2D eigenvalue weighted by Crippen LogP contribution is -2.08. The molecule has 98 valence electrons. The lowest BCUT2D eigenvalue weighted by atomic mass is 10.3. The molecule has 0 radical (unpaired) electrons. The number of nitrogens with zero attached hydrogens (tertiary/aromatic N) is 2. The van der Waals surface area contributed by atoms with Crippen LogP contribution in [-0.2, 0) is 4.74 Å². The second-order valence-electron chi connectivity index (χ2n) is 3.53. The third-order valence-electron chi connectivity index (χ3n) is 2.18. The van der Waals surface area contributed by atoms with Crippen LogP contribution in [0.15, 0.2) is 36.5 Å². The Morgan fingerprint density at radius 1 is 1.37 bits per heavy atom. The van der Waals surface area contributed by atoms with Gasteiger partial charge in [0.25, 0.3) is 0 Å². The molecule has 2 rings (SSSR count). The summed E-state index contributed by atoms with van der Waals surface area (Å²) in [5.74, 6) is -0.848. The first-order valence-electron chi connectivity index (χ1n) is 5.63. The third-order valence-corrected chi connectivity index (χ3v) is 2.18. The van der Waals surface area contributed by atoms with Crippen molar-refractivity contribution in [1.82, 2.24) is 10.2 Å². The van der Waals surface area contributed by atoms with E-state index in [1.807, 2.05) is 0 Å². The summed E-state index contributed by atoms with van der Waals surface area (Å²) in [7, 11) is 0. The van der Waals surface area contributed by atoms with Gasteiger partial charge < -0.3 is 9.47 Å². The van der Waals surface area contributed by atoms with Crippen molar-refractivity contribution in [3.05, 3.63) is 48.0 Å². The van der Waals surface area contributed by atoms with Gasteiger partial charge in [-0.2, -0.15) is 5.10 Å². The van der Waals surface area contributed by atoms with Crippen molar-refractivity contribution < 1.29 is 18.7 Å². The largest absolute Gasteiger partial charge is 0.461 e. The van der Waals surface area contributed by atoms with E-state index in [1.165, 1.54) is 24.4 Å². The van der Waals surface area contributed by atoms with Crippen molar-refractivity contribution in [2.45, 2.75) is 6.92 Å². The van der Waals surface area contributed by atoms with Crippen molar-refractivity contribution in [2.24, 2.45) is 0 Å². The quantitative estimate of drug-likeness (QED) is 0.792. The van der Waals surface area contributed by atoms with Crippen LogP contribution in [0.1, 0.15) is 17.4 Å². The molecule has 0 unspecified atom stereocenters. The molecule has 0 N–H and O–H groups in total. The van der Waals surface area contributed by atoms with Crippen LogP contribution in [0.25, 0.3) is 0 Å². The number of ether oxygens (including phenoxy) is 2. The van der Waals surface area contributed by atoms with E-state index in [0.717, 1.165) is 0 Å². The monoisotopic (exact) mass is 262 g/mol. The number of benzene rings is 1. The Morgan fingerprint density at radius 2 is 2.16 bits per heavy atom. The highest BCUT2D eigenvalue weighted by Gasteiger charge is 2.11. The fraction of sp³-hybridized carbons (Fsp3) is 0.154. The molecule has 5 nitrogen and oxygen atoms in total. The van der Waals surface area contributed by atoms with Gasteiger partial charge in [-0.25, -0.2) is 9.18 Å². The molecule has 0 amide bonds. The standard InChI is InChI=1S/C13H11FN2O3/c1-2-18-13(17)11-7-9(8-15-16-11)19-12-6-4-3-5-10(12)14/h3-8H,2H2,1H3. The van der Waals surface area contributed by atoms with Crippen LogP contribution in [0, 0.1) is 5.82 Å². The highest BCUT2D eigenvalue weighted by atomic mass is 19.1. The minimum absolute atomic E-state index is 0.00990. The summed E-state index contributed by atoms with van der Waals surface area (Å²) in [6.07, 6.45) is 1.29. The van der Waals surface area contributed by atoms with Gasteiger partial charge in [-0.1, -0.05) is 12.1 Å². The Bertz CT molecular complexity index is 590. The van der Waals surface area contributed by atoms with E-state index in [4.69, 9.17) is 9.47 Å². The van der Waals surface area contributed by atoms with Crippen molar-refractivity contribution in [3.8, 4) is 11.5 Å². The third kappa shape index (κ3) is 3.25. The number of rotatable bonds is 4. The Balaban J connectivity index is 2.20. The second-order valence-corrected chi connectivity index (χ2v) is 3.53. The van der Waals surface area contributed by atoms with E-state index >= 15 is 0 Å². The number of halogens is 1. The molecule has 0 aliphatic rings. The van der Waals surface area contributed by atoms with Gasteiger partial charge in [0.2, 0.25) is 0 Å². The summed E-state index contributed by atoms with van der Waals surface area (Å²) in [6.45, 7) is 1.92. The van der Waals surface area contributed by atoms with Crippen LogP contribution in [0.4, 0.5) is 4.39 Å². The molecule has 0 spiro atoms. The minimum Gasteiger partial charge on any atom is -0.461 e. The molecule has 0 aliphatic heterocycles. The zero-order valence-electron chi connectivity index (χ0n) is 10.2. The van der Waals surface area contributed by atoms with Gasteiger partial charge in [-0.15, -0.1) is 5.10 Å². The summed E-state index contributed by atoms with van der Waals surface area (Å²) in [5, 5.41) is 7.24. The number of aromatic nitrogens is 2. The average Bonchev–Trinajstić information content (AvgIpc) is 2.42. The Kier molecular flexibility index (Phi) is 4.02. The van der Waals surface area contributed by atoms with E-state index < -0.39 is 11.8 Å². The number of carbonyl (C=O) groups is 1. The zero-order chi connectivity index (χ0) is 13.7. The summed E-state index contributed by atoms with van der Waals surface area (Å²) >= 11 is 0. The Morgan fingerprint density at radius 3 is 2.89 bits per heavy atom. The number of esters is 1.